The fraction of sp³-hybridized carbons (Fsp3) is 0.231. The summed E-state index contributed by atoms with van der Waals surface area (Å²) in [6.45, 7) is 1.64. The molecule has 2 aromatic rings. The molecule has 0 saturated heterocycles. The first kappa shape index (κ1) is 11.4. The first-order valence-corrected chi connectivity index (χ1v) is 5.30. The van der Waals surface area contributed by atoms with Crippen molar-refractivity contribution in [2.75, 3.05) is 7.11 Å². The van der Waals surface area contributed by atoms with Gasteiger partial charge in [-0.05, 0) is 19.1 Å². The van der Waals surface area contributed by atoms with Gasteiger partial charge in [0.15, 0.2) is 6.10 Å². The molecule has 1 aromatic carbocycles. The van der Waals surface area contributed by atoms with Crippen LogP contribution in [0.15, 0.2) is 36.5 Å². The topological polar surface area (TPSA) is 48.4 Å². The average molecular weight is 231 g/mol. The van der Waals surface area contributed by atoms with E-state index in [2.05, 4.69) is 9.72 Å². The molecular formula is C13H13NO3. The van der Waals surface area contributed by atoms with Crippen molar-refractivity contribution >= 4 is 16.9 Å². The third-order valence-electron chi connectivity index (χ3n) is 2.41. The second-order valence-corrected chi connectivity index (χ2v) is 3.65. The fourth-order valence-corrected chi connectivity index (χ4v) is 1.53. The lowest BCUT2D eigenvalue weighted by Gasteiger charge is -2.12. The number of hydrogen-bond acceptors (Lipinski definition) is 4. The number of esters is 1. The zero-order valence-corrected chi connectivity index (χ0v) is 9.71. The maximum Gasteiger partial charge on any atom is 0.346 e. The van der Waals surface area contributed by atoms with Crippen molar-refractivity contribution in [2.45, 2.75) is 13.0 Å². The molecule has 0 aliphatic rings. The van der Waals surface area contributed by atoms with E-state index in [1.165, 1.54) is 7.11 Å². The highest BCUT2D eigenvalue weighted by Crippen LogP contribution is 2.18. The van der Waals surface area contributed by atoms with Crippen molar-refractivity contribution in [3.05, 3.63) is 36.5 Å². The maximum absolute atomic E-state index is 11.2. The van der Waals surface area contributed by atoms with Crippen LogP contribution >= 0.6 is 0 Å². The molecule has 0 aliphatic carbocycles. The van der Waals surface area contributed by atoms with Crippen LogP contribution in [0, 0.1) is 0 Å². The molecule has 4 nitrogen and oxygen atoms in total. The second kappa shape index (κ2) is 4.82. The van der Waals surface area contributed by atoms with Gasteiger partial charge in [-0.3, -0.25) is 4.98 Å². The number of para-hydroxylation sites is 1. The monoisotopic (exact) mass is 231 g/mol. The summed E-state index contributed by atoms with van der Waals surface area (Å²) < 4.78 is 10.0. The van der Waals surface area contributed by atoms with Crippen LogP contribution in [0.25, 0.3) is 10.9 Å². The Morgan fingerprint density at radius 1 is 1.35 bits per heavy atom. The number of carbonyl (C=O) groups is 1. The Balaban J connectivity index is 2.22. The number of rotatable bonds is 3. The SMILES string of the molecule is COC(=O)[C@H](C)Oc1cnc2ccccc2c1. The predicted molar refractivity (Wildman–Crippen MR) is 63.8 cm³/mol. The van der Waals surface area contributed by atoms with Gasteiger partial charge in [-0.2, -0.15) is 0 Å². The summed E-state index contributed by atoms with van der Waals surface area (Å²) in [6.07, 6.45) is 0.963. The van der Waals surface area contributed by atoms with Crippen molar-refractivity contribution in [2.24, 2.45) is 0 Å². The number of nitrogens with zero attached hydrogens (tertiary/aromatic N) is 1. The van der Waals surface area contributed by atoms with Crippen molar-refractivity contribution < 1.29 is 14.3 Å². The largest absolute Gasteiger partial charge is 0.477 e. The van der Waals surface area contributed by atoms with Gasteiger partial charge in [-0.15, -0.1) is 0 Å². The molecule has 0 bridgehead atoms. The lowest BCUT2D eigenvalue weighted by molar-refractivity contribution is -0.147. The zero-order chi connectivity index (χ0) is 12.3. The minimum atomic E-state index is -0.636. The Morgan fingerprint density at radius 3 is 2.88 bits per heavy atom. The lowest BCUT2D eigenvalue weighted by atomic mass is 10.2. The van der Waals surface area contributed by atoms with Crippen LogP contribution in [-0.4, -0.2) is 24.2 Å². The zero-order valence-electron chi connectivity index (χ0n) is 9.71. The number of carbonyl (C=O) groups excluding carboxylic acids is 1. The van der Waals surface area contributed by atoms with Gasteiger partial charge in [0.05, 0.1) is 18.8 Å². The van der Waals surface area contributed by atoms with Crippen LogP contribution in [-0.2, 0) is 9.53 Å². The van der Waals surface area contributed by atoms with Crippen molar-refractivity contribution in [1.29, 1.82) is 0 Å². The van der Waals surface area contributed by atoms with Crippen LogP contribution in [0.4, 0.5) is 0 Å². The van der Waals surface area contributed by atoms with E-state index in [1.54, 1.807) is 13.1 Å². The molecule has 1 heterocycles. The van der Waals surface area contributed by atoms with Crippen LogP contribution < -0.4 is 4.74 Å². The summed E-state index contributed by atoms with van der Waals surface area (Å²) in [5.74, 6) is 0.153. The summed E-state index contributed by atoms with van der Waals surface area (Å²) in [5, 5.41) is 0.974. The molecule has 0 saturated carbocycles. The average Bonchev–Trinajstić information content (AvgIpc) is 2.37. The van der Waals surface area contributed by atoms with E-state index >= 15 is 0 Å². The van der Waals surface area contributed by atoms with Crippen LogP contribution in [0.2, 0.25) is 0 Å². The molecule has 0 spiro atoms. The lowest BCUT2D eigenvalue weighted by Crippen LogP contribution is -2.24. The van der Waals surface area contributed by atoms with E-state index in [9.17, 15) is 4.79 Å². The van der Waals surface area contributed by atoms with Crippen molar-refractivity contribution in [1.82, 2.24) is 4.98 Å². The van der Waals surface area contributed by atoms with Crippen molar-refractivity contribution in [3.8, 4) is 5.75 Å². The summed E-state index contributed by atoms with van der Waals surface area (Å²) in [6, 6.07) is 9.56. The molecule has 17 heavy (non-hydrogen) atoms. The molecule has 1 aromatic heterocycles. The molecule has 0 N–H and O–H groups in total. The first-order chi connectivity index (χ1) is 8.20. The Morgan fingerprint density at radius 2 is 2.12 bits per heavy atom. The number of benzene rings is 1. The molecular weight excluding hydrogens is 218 g/mol. The second-order valence-electron chi connectivity index (χ2n) is 3.65. The molecule has 0 unspecified atom stereocenters. The molecule has 1 atom stereocenters. The van der Waals surface area contributed by atoms with E-state index in [1.807, 2.05) is 30.3 Å². The van der Waals surface area contributed by atoms with Gasteiger partial charge in [0.25, 0.3) is 0 Å². The molecule has 0 aliphatic heterocycles. The fourth-order valence-electron chi connectivity index (χ4n) is 1.53. The van der Waals surface area contributed by atoms with E-state index in [4.69, 9.17) is 4.74 Å². The van der Waals surface area contributed by atoms with E-state index in [0.29, 0.717) is 5.75 Å². The standard InChI is InChI=1S/C13H13NO3/c1-9(13(15)16-2)17-11-7-10-5-3-4-6-12(10)14-8-11/h3-9H,1-2H3/t9-/m0/s1. The summed E-state index contributed by atoms with van der Waals surface area (Å²) in [5.41, 5.74) is 0.894. The number of hydrogen-bond donors (Lipinski definition) is 0. The molecule has 88 valence electrons. The minimum absolute atomic E-state index is 0.404. The highest BCUT2D eigenvalue weighted by Gasteiger charge is 2.14. The Labute approximate surface area is 99.2 Å². The Bertz CT molecular complexity index is 539. The molecule has 0 radical (unpaired) electrons. The molecule has 0 amide bonds. The maximum atomic E-state index is 11.2. The van der Waals surface area contributed by atoms with Crippen molar-refractivity contribution in [3.63, 3.8) is 0 Å². The predicted octanol–water partition coefficient (Wildman–Crippen LogP) is 2.18. The third-order valence-corrected chi connectivity index (χ3v) is 2.41. The Kier molecular flexibility index (Phi) is 3.23. The van der Waals surface area contributed by atoms with Gasteiger partial charge in [0.2, 0.25) is 0 Å². The van der Waals surface area contributed by atoms with Gasteiger partial charge < -0.3 is 9.47 Å². The van der Waals surface area contributed by atoms with E-state index in [0.717, 1.165) is 10.9 Å². The molecule has 4 heteroatoms. The van der Waals surface area contributed by atoms with Gasteiger partial charge in [-0.25, -0.2) is 4.79 Å². The first-order valence-electron chi connectivity index (χ1n) is 5.30. The molecule has 0 fully saturated rings. The summed E-state index contributed by atoms with van der Waals surface area (Å²) >= 11 is 0. The normalized spacial score (nSPS) is 12.1. The number of ether oxygens (including phenoxy) is 2. The van der Waals surface area contributed by atoms with Gasteiger partial charge in [0, 0.05) is 5.39 Å². The summed E-state index contributed by atoms with van der Waals surface area (Å²) in [4.78, 5) is 15.5. The quantitative estimate of drug-likeness (QED) is 0.759. The van der Waals surface area contributed by atoms with E-state index < -0.39 is 12.1 Å². The third kappa shape index (κ3) is 2.53. The van der Waals surface area contributed by atoms with E-state index in [-0.39, 0.29) is 0 Å². The number of pyridine rings is 1. The van der Waals surface area contributed by atoms with Crippen LogP contribution in [0.1, 0.15) is 6.92 Å². The smallest absolute Gasteiger partial charge is 0.346 e. The molecule has 2 rings (SSSR count). The number of fused-ring (bicyclic) bond motifs is 1. The Hall–Kier alpha value is -2.10. The minimum Gasteiger partial charge on any atom is -0.477 e. The van der Waals surface area contributed by atoms with Crippen LogP contribution in [0.3, 0.4) is 0 Å². The number of methoxy groups -OCH3 is 1. The van der Waals surface area contributed by atoms with Gasteiger partial charge in [0.1, 0.15) is 5.75 Å². The number of aromatic nitrogens is 1. The summed E-state index contributed by atoms with van der Waals surface area (Å²) in [7, 11) is 1.33. The van der Waals surface area contributed by atoms with Gasteiger partial charge >= 0.3 is 5.97 Å². The van der Waals surface area contributed by atoms with Crippen LogP contribution in [0.5, 0.6) is 5.75 Å². The van der Waals surface area contributed by atoms with Gasteiger partial charge in [-0.1, -0.05) is 18.2 Å². The highest BCUT2D eigenvalue weighted by atomic mass is 16.6. The highest BCUT2D eigenvalue weighted by molar-refractivity contribution is 5.79.